The molecule has 0 saturated heterocycles. The van der Waals surface area contributed by atoms with E-state index in [1.807, 2.05) is 62.3 Å². The lowest BCUT2D eigenvalue weighted by molar-refractivity contribution is 0.0950. The number of carbonyl (C=O) groups is 1. The highest BCUT2D eigenvalue weighted by atomic mass is 16.5. The molecule has 0 aliphatic carbocycles. The summed E-state index contributed by atoms with van der Waals surface area (Å²) in [6, 6.07) is 11.3. The maximum Gasteiger partial charge on any atom is 0.253 e. The number of anilines is 1. The Morgan fingerprint density at radius 3 is 2.73 bits per heavy atom. The van der Waals surface area contributed by atoms with Gasteiger partial charge < -0.3 is 15.0 Å². The number of hydrogen-bond acceptors (Lipinski definition) is 5. The van der Waals surface area contributed by atoms with Gasteiger partial charge in [-0.3, -0.25) is 9.78 Å². The zero-order valence-corrected chi connectivity index (χ0v) is 15.4. The monoisotopic (exact) mass is 350 g/mol. The van der Waals surface area contributed by atoms with Gasteiger partial charge in [-0.2, -0.15) is 0 Å². The first-order chi connectivity index (χ1) is 12.5. The number of aromatic nitrogens is 2. The number of ether oxygens (including phenoxy) is 1. The van der Waals surface area contributed by atoms with E-state index < -0.39 is 0 Å². The van der Waals surface area contributed by atoms with Gasteiger partial charge in [-0.05, 0) is 42.8 Å². The Morgan fingerprint density at radius 1 is 1.19 bits per heavy atom. The molecule has 3 aromatic rings. The van der Waals surface area contributed by atoms with Crippen LogP contribution in [0.25, 0.3) is 10.9 Å². The Labute approximate surface area is 152 Å². The quantitative estimate of drug-likeness (QED) is 0.766. The van der Waals surface area contributed by atoms with Crippen LogP contribution in [-0.2, 0) is 6.54 Å². The summed E-state index contributed by atoms with van der Waals surface area (Å²) in [5.41, 5.74) is 3.06. The van der Waals surface area contributed by atoms with Gasteiger partial charge in [0.05, 0.1) is 23.9 Å². The molecular weight excluding hydrogens is 328 g/mol. The fourth-order valence-corrected chi connectivity index (χ4v) is 2.69. The minimum Gasteiger partial charge on any atom is -0.497 e. The number of amides is 1. The fraction of sp³-hybridized carbons (Fsp3) is 0.250. The van der Waals surface area contributed by atoms with Gasteiger partial charge in [0, 0.05) is 38.3 Å². The molecule has 0 spiro atoms. The van der Waals surface area contributed by atoms with Crippen LogP contribution < -0.4 is 15.0 Å². The van der Waals surface area contributed by atoms with Gasteiger partial charge >= 0.3 is 0 Å². The predicted molar refractivity (Wildman–Crippen MR) is 103 cm³/mol. The van der Waals surface area contributed by atoms with Crippen molar-refractivity contribution < 1.29 is 9.53 Å². The summed E-state index contributed by atoms with van der Waals surface area (Å²) >= 11 is 0. The molecule has 0 bridgehead atoms. The van der Waals surface area contributed by atoms with Crippen LogP contribution >= 0.6 is 0 Å². The second kappa shape index (κ2) is 7.39. The molecule has 0 aliphatic heterocycles. The number of fused-ring (bicyclic) bond motifs is 1. The average molecular weight is 350 g/mol. The smallest absolute Gasteiger partial charge is 0.253 e. The van der Waals surface area contributed by atoms with Crippen molar-refractivity contribution in [1.82, 2.24) is 15.3 Å². The molecule has 26 heavy (non-hydrogen) atoms. The van der Waals surface area contributed by atoms with Gasteiger partial charge in [0.1, 0.15) is 11.6 Å². The number of nitrogens with one attached hydrogen (secondary N) is 1. The van der Waals surface area contributed by atoms with E-state index in [1.165, 1.54) is 0 Å². The standard InChI is InChI=1S/C20H22N4O2/c1-13-17(10-15-5-6-16(26-4)11-18(15)23-13)20(25)22-12-14-7-8-21-19(9-14)24(2)3/h5-11H,12H2,1-4H3,(H,22,25). The number of carbonyl (C=O) groups excluding carboxylic acids is 1. The van der Waals surface area contributed by atoms with Crippen molar-refractivity contribution in [2.45, 2.75) is 13.5 Å². The van der Waals surface area contributed by atoms with Gasteiger partial charge in [-0.1, -0.05) is 0 Å². The topological polar surface area (TPSA) is 67.3 Å². The summed E-state index contributed by atoms with van der Waals surface area (Å²) in [7, 11) is 5.49. The SMILES string of the molecule is COc1ccc2cc(C(=O)NCc3ccnc(N(C)C)c3)c(C)nc2c1. The zero-order valence-electron chi connectivity index (χ0n) is 15.4. The predicted octanol–water partition coefficient (Wildman–Crippen LogP) is 2.94. The number of benzene rings is 1. The maximum absolute atomic E-state index is 12.6. The van der Waals surface area contributed by atoms with Crippen LogP contribution in [0.2, 0.25) is 0 Å². The summed E-state index contributed by atoms with van der Waals surface area (Å²) < 4.78 is 5.23. The van der Waals surface area contributed by atoms with E-state index in [1.54, 1.807) is 13.3 Å². The van der Waals surface area contributed by atoms with Crippen LogP contribution in [0.1, 0.15) is 21.6 Å². The number of methoxy groups -OCH3 is 1. The van der Waals surface area contributed by atoms with Crippen molar-refractivity contribution in [2.24, 2.45) is 0 Å². The number of nitrogens with zero attached hydrogens (tertiary/aromatic N) is 3. The fourth-order valence-electron chi connectivity index (χ4n) is 2.69. The average Bonchev–Trinajstić information content (AvgIpc) is 2.65. The number of hydrogen-bond donors (Lipinski definition) is 1. The van der Waals surface area contributed by atoms with Gasteiger partial charge in [-0.15, -0.1) is 0 Å². The third kappa shape index (κ3) is 3.74. The summed E-state index contributed by atoms with van der Waals surface area (Å²) in [4.78, 5) is 23.4. The molecule has 0 atom stereocenters. The lowest BCUT2D eigenvalue weighted by Crippen LogP contribution is -2.24. The van der Waals surface area contributed by atoms with E-state index in [0.29, 0.717) is 17.8 Å². The van der Waals surface area contributed by atoms with E-state index in [9.17, 15) is 4.79 Å². The van der Waals surface area contributed by atoms with Crippen LogP contribution in [-0.4, -0.2) is 37.1 Å². The first-order valence-electron chi connectivity index (χ1n) is 8.34. The highest BCUT2D eigenvalue weighted by molar-refractivity contribution is 5.98. The highest BCUT2D eigenvalue weighted by Gasteiger charge is 2.12. The number of rotatable bonds is 5. The molecular formula is C20H22N4O2. The third-order valence-electron chi connectivity index (χ3n) is 4.18. The minimum absolute atomic E-state index is 0.143. The van der Waals surface area contributed by atoms with E-state index >= 15 is 0 Å². The first-order valence-corrected chi connectivity index (χ1v) is 8.34. The second-order valence-electron chi connectivity index (χ2n) is 6.28. The number of pyridine rings is 2. The molecule has 6 heteroatoms. The molecule has 1 amide bonds. The Balaban J connectivity index is 1.79. The van der Waals surface area contributed by atoms with E-state index in [0.717, 1.165) is 28.0 Å². The molecule has 2 heterocycles. The molecule has 1 aromatic carbocycles. The van der Waals surface area contributed by atoms with Gasteiger partial charge in [0.25, 0.3) is 5.91 Å². The molecule has 0 aliphatic rings. The molecule has 6 nitrogen and oxygen atoms in total. The highest BCUT2D eigenvalue weighted by Crippen LogP contribution is 2.21. The van der Waals surface area contributed by atoms with Gasteiger partial charge in [0.15, 0.2) is 0 Å². The third-order valence-corrected chi connectivity index (χ3v) is 4.18. The molecule has 1 N–H and O–H groups in total. The molecule has 0 fully saturated rings. The van der Waals surface area contributed by atoms with Crippen LogP contribution in [0.5, 0.6) is 5.75 Å². The maximum atomic E-state index is 12.6. The zero-order chi connectivity index (χ0) is 18.7. The molecule has 134 valence electrons. The molecule has 0 unspecified atom stereocenters. The van der Waals surface area contributed by atoms with Crippen molar-refractivity contribution in [3.8, 4) is 5.75 Å². The van der Waals surface area contributed by atoms with Crippen molar-refractivity contribution in [3.63, 3.8) is 0 Å². The van der Waals surface area contributed by atoms with Gasteiger partial charge in [-0.25, -0.2) is 4.98 Å². The van der Waals surface area contributed by atoms with E-state index in [4.69, 9.17) is 4.74 Å². The summed E-state index contributed by atoms with van der Waals surface area (Å²) in [6.07, 6.45) is 1.74. The summed E-state index contributed by atoms with van der Waals surface area (Å²) in [6.45, 7) is 2.27. The molecule has 0 radical (unpaired) electrons. The largest absolute Gasteiger partial charge is 0.497 e. The van der Waals surface area contributed by atoms with Crippen LogP contribution in [0, 0.1) is 6.92 Å². The molecule has 3 rings (SSSR count). The van der Waals surface area contributed by atoms with E-state index in [-0.39, 0.29) is 5.91 Å². The van der Waals surface area contributed by atoms with Crippen LogP contribution in [0.4, 0.5) is 5.82 Å². The van der Waals surface area contributed by atoms with Crippen molar-refractivity contribution in [2.75, 3.05) is 26.1 Å². The summed E-state index contributed by atoms with van der Waals surface area (Å²) in [5.74, 6) is 1.46. The Morgan fingerprint density at radius 2 is 2.00 bits per heavy atom. The lowest BCUT2D eigenvalue weighted by Gasteiger charge is -2.13. The van der Waals surface area contributed by atoms with Crippen molar-refractivity contribution in [1.29, 1.82) is 0 Å². The minimum atomic E-state index is -0.143. The normalized spacial score (nSPS) is 10.6. The van der Waals surface area contributed by atoms with Crippen molar-refractivity contribution >= 4 is 22.6 Å². The van der Waals surface area contributed by atoms with Crippen LogP contribution in [0.3, 0.4) is 0 Å². The number of aryl methyl sites for hydroxylation is 1. The van der Waals surface area contributed by atoms with Crippen molar-refractivity contribution in [3.05, 3.63) is 59.4 Å². The van der Waals surface area contributed by atoms with Gasteiger partial charge in [0.2, 0.25) is 0 Å². The Hall–Kier alpha value is -3.15. The second-order valence-corrected chi connectivity index (χ2v) is 6.28. The Kier molecular flexibility index (Phi) is 5.02. The van der Waals surface area contributed by atoms with E-state index in [2.05, 4.69) is 15.3 Å². The van der Waals surface area contributed by atoms with Crippen LogP contribution in [0.15, 0.2) is 42.6 Å². The summed E-state index contributed by atoms with van der Waals surface area (Å²) in [5, 5.41) is 3.86. The molecule has 2 aromatic heterocycles. The lowest BCUT2D eigenvalue weighted by atomic mass is 10.1. The first kappa shape index (κ1) is 17.7. The molecule has 0 saturated carbocycles. The Bertz CT molecular complexity index is 954.